The Hall–Kier alpha value is -2.96. The molecular weight excluding hydrogens is 256 g/mol. The third kappa shape index (κ3) is 2.16. The molecule has 0 fully saturated rings. The molecule has 0 atom stereocenters. The summed E-state index contributed by atoms with van der Waals surface area (Å²) >= 11 is 0. The number of nitrogens with zero attached hydrogens (tertiary/aromatic N) is 5. The summed E-state index contributed by atoms with van der Waals surface area (Å²) in [6.45, 7) is 0.536. The van der Waals surface area contributed by atoms with Crippen molar-refractivity contribution in [2.75, 3.05) is 0 Å². The van der Waals surface area contributed by atoms with Crippen molar-refractivity contribution in [1.82, 2.24) is 19.7 Å². The van der Waals surface area contributed by atoms with Gasteiger partial charge in [-0.1, -0.05) is 23.4 Å². The molecule has 7 nitrogen and oxygen atoms in total. The van der Waals surface area contributed by atoms with Crippen LogP contribution < -0.4 is 5.73 Å². The topological polar surface area (TPSA) is 102 Å². The van der Waals surface area contributed by atoms with Gasteiger partial charge in [-0.15, -0.1) is 5.10 Å². The summed E-state index contributed by atoms with van der Waals surface area (Å²) in [7, 11) is 0. The first-order chi connectivity index (χ1) is 9.78. The van der Waals surface area contributed by atoms with Crippen molar-refractivity contribution in [3.63, 3.8) is 0 Å². The van der Waals surface area contributed by atoms with E-state index in [0.717, 1.165) is 16.5 Å². The van der Waals surface area contributed by atoms with Crippen LogP contribution in [-0.4, -0.2) is 30.8 Å². The van der Waals surface area contributed by atoms with Gasteiger partial charge in [0.1, 0.15) is 6.33 Å². The highest BCUT2D eigenvalue weighted by Crippen LogP contribution is 2.16. The summed E-state index contributed by atoms with van der Waals surface area (Å²) < 4.78 is 1.63. The number of benzene rings is 1. The number of pyridine rings is 1. The fourth-order valence-electron chi connectivity index (χ4n) is 2.00. The number of oxime groups is 1. The Morgan fingerprint density at radius 1 is 1.25 bits per heavy atom. The van der Waals surface area contributed by atoms with Crippen LogP contribution in [-0.2, 0) is 6.54 Å². The first-order valence-electron chi connectivity index (χ1n) is 5.98. The zero-order valence-corrected chi connectivity index (χ0v) is 10.5. The molecule has 7 heteroatoms. The molecule has 3 rings (SSSR count). The molecule has 0 aliphatic rings. The van der Waals surface area contributed by atoms with Gasteiger partial charge in [0.15, 0.2) is 0 Å². The third-order valence-corrected chi connectivity index (χ3v) is 2.94. The summed E-state index contributed by atoms with van der Waals surface area (Å²) in [4.78, 5) is 8.30. The molecule has 0 amide bonds. The van der Waals surface area contributed by atoms with Crippen molar-refractivity contribution < 1.29 is 5.21 Å². The molecule has 3 N–H and O–H groups in total. The Labute approximate surface area is 114 Å². The highest BCUT2D eigenvalue weighted by atomic mass is 16.4. The maximum Gasteiger partial charge on any atom is 0.219 e. The summed E-state index contributed by atoms with van der Waals surface area (Å²) in [5, 5.41) is 16.7. The second-order valence-electron chi connectivity index (χ2n) is 4.24. The van der Waals surface area contributed by atoms with Gasteiger partial charge in [0.05, 0.1) is 12.1 Å². The van der Waals surface area contributed by atoms with Gasteiger partial charge in [0.2, 0.25) is 11.7 Å². The predicted octanol–water partition coefficient (Wildman–Crippen LogP) is 0.969. The summed E-state index contributed by atoms with van der Waals surface area (Å²) in [5.41, 5.74) is 7.45. The van der Waals surface area contributed by atoms with Gasteiger partial charge in [0, 0.05) is 11.6 Å². The average molecular weight is 268 g/mol. The van der Waals surface area contributed by atoms with Gasteiger partial charge in [0.25, 0.3) is 0 Å². The molecule has 2 heterocycles. The fraction of sp³-hybridized carbons (Fsp3) is 0.0769. The lowest BCUT2D eigenvalue weighted by Gasteiger charge is -2.05. The molecule has 0 radical (unpaired) electrons. The molecule has 0 aliphatic heterocycles. The average Bonchev–Trinajstić information content (AvgIpc) is 2.95. The van der Waals surface area contributed by atoms with E-state index in [1.807, 2.05) is 30.3 Å². The van der Waals surface area contributed by atoms with Gasteiger partial charge in [-0.05, 0) is 17.7 Å². The highest BCUT2D eigenvalue weighted by Gasteiger charge is 2.07. The smallest absolute Gasteiger partial charge is 0.219 e. The first kappa shape index (κ1) is 12.1. The van der Waals surface area contributed by atoms with Crippen LogP contribution in [0.15, 0.2) is 48.0 Å². The Morgan fingerprint density at radius 2 is 2.10 bits per heavy atom. The molecule has 20 heavy (non-hydrogen) atoms. The minimum absolute atomic E-state index is 0.108. The van der Waals surface area contributed by atoms with Crippen LogP contribution in [0.4, 0.5) is 0 Å². The van der Waals surface area contributed by atoms with E-state index in [1.54, 1.807) is 17.2 Å². The number of para-hydroxylation sites is 1. The molecule has 2 aromatic heterocycles. The molecule has 0 aliphatic carbocycles. The van der Waals surface area contributed by atoms with Gasteiger partial charge in [-0.2, -0.15) is 0 Å². The van der Waals surface area contributed by atoms with E-state index in [2.05, 4.69) is 20.2 Å². The van der Waals surface area contributed by atoms with Crippen molar-refractivity contribution in [1.29, 1.82) is 0 Å². The molecular formula is C13H12N6O. The molecule has 0 bridgehead atoms. The fourth-order valence-corrected chi connectivity index (χ4v) is 2.00. The quantitative estimate of drug-likeness (QED) is 0.319. The molecule has 0 saturated heterocycles. The molecule has 0 unspecified atom stereocenters. The molecule has 1 aromatic carbocycles. The highest BCUT2D eigenvalue weighted by molar-refractivity contribution is 5.93. The van der Waals surface area contributed by atoms with E-state index in [9.17, 15) is 0 Å². The van der Waals surface area contributed by atoms with E-state index >= 15 is 0 Å². The van der Waals surface area contributed by atoms with Crippen molar-refractivity contribution in [2.45, 2.75) is 6.54 Å². The zero-order chi connectivity index (χ0) is 13.9. The van der Waals surface area contributed by atoms with Crippen LogP contribution in [0.25, 0.3) is 10.9 Å². The second kappa shape index (κ2) is 4.96. The van der Waals surface area contributed by atoms with Crippen molar-refractivity contribution in [3.8, 4) is 0 Å². The number of nitrogens with two attached hydrogens (primary N) is 1. The number of hydrogen-bond donors (Lipinski definition) is 2. The van der Waals surface area contributed by atoms with Crippen LogP contribution in [0.2, 0.25) is 0 Å². The minimum Gasteiger partial charge on any atom is -0.409 e. The number of rotatable bonds is 3. The van der Waals surface area contributed by atoms with Crippen LogP contribution >= 0.6 is 0 Å². The van der Waals surface area contributed by atoms with Gasteiger partial charge < -0.3 is 10.9 Å². The maximum absolute atomic E-state index is 8.59. The van der Waals surface area contributed by atoms with Gasteiger partial charge in [-0.3, -0.25) is 4.98 Å². The Bertz CT molecular complexity index is 774. The van der Waals surface area contributed by atoms with E-state index in [-0.39, 0.29) is 11.7 Å². The number of amidine groups is 1. The number of hydrogen-bond acceptors (Lipinski definition) is 5. The minimum atomic E-state index is -0.108. The van der Waals surface area contributed by atoms with Crippen molar-refractivity contribution >= 4 is 16.7 Å². The number of fused-ring (bicyclic) bond motifs is 1. The van der Waals surface area contributed by atoms with E-state index in [1.165, 1.54) is 0 Å². The van der Waals surface area contributed by atoms with Crippen LogP contribution in [0.5, 0.6) is 0 Å². The summed E-state index contributed by atoms with van der Waals surface area (Å²) in [5.74, 6) is 0.0919. The first-order valence-corrected chi connectivity index (χ1v) is 5.98. The SMILES string of the molecule is NC(=NO)c1ncn(Cc2ccnc3ccccc23)n1. The normalized spacial score (nSPS) is 11.9. The summed E-state index contributed by atoms with van der Waals surface area (Å²) in [6.07, 6.45) is 3.31. The molecule has 3 aromatic rings. The van der Waals surface area contributed by atoms with E-state index < -0.39 is 0 Å². The summed E-state index contributed by atoms with van der Waals surface area (Å²) in [6, 6.07) is 9.83. The maximum atomic E-state index is 8.59. The molecule has 100 valence electrons. The van der Waals surface area contributed by atoms with Crippen molar-refractivity contribution in [2.24, 2.45) is 10.9 Å². The van der Waals surface area contributed by atoms with Crippen LogP contribution in [0, 0.1) is 0 Å². The standard InChI is InChI=1S/C13H12N6O/c14-12(18-20)13-16-8-19(17-13)7-9-5-6-15-11-4-2-1-3-10(9)11/h1-6,8,20H,7H2,(H2,14,18). The van der Waals surface area contributed by atoms with Crippen molar-refractivity contribution in [3.05, 3.63) is 54.2 Å². The Morgan fingerprint density at radius 3 is 2.95 bits per heavy atom. The van der Waals surface area contributed by atoms with Crippen LogP contribution in [0.1, 0.15) is 11.4 Å². The van der Waals surface area contributed by atoms with Gasteiger partial charge in [-0.25, -0.2) is 9.67 Å². The van der Waals surface area contributed by atoms with Crippen LogP contribution in [0.3, 0.4) is 0 Å². The largest absolute Gasteiger partial charge is 0.409 e. The Kier molecular flexibility index (Phi) is 3.00. The number of aromatic nitrogens is 4. The van der Waals surface area contributed by atoms with E-state index in [4.69, 9.17) is 10.9 Å². The van der Waals surface area contributed by atoms with Gasteiger partial charge >= 0.3 is 0 Å². The van der Waals surface area contributed by atoms with E-state index in [0.29, 0.717) is 6.54 Å². The zero-order valence-electron chi connectivity index (χ0n) is 10.5. The lowest BCUT2D eigenvalue weighted by Crippen LogP contribution is -2.15. The predicted molar refractivity (Wildman–Crippen MR) is 73.4 cm³/mol. The lowest BCUT2D eigenvalue weighted by atomic mass is 10.1. The second-order valence-corrected chi connectivity index (χ2v) is 4.24. The monoisotopic (exact) mass is 268 g/mol. The third-order valence-electron chi connectivity index (χ3n) is 2.94. The molecule has 0 spiro atoms. The lowest BCUT2D eigenvalue weighted by molar-refractivity contribution is 0.318. The molecule has 0 saturated carbocycles. The Balaban J connectivity index is 1.95.